The minimum atomic E-state index is -0.553. The number of nitrogens with zero attached hydrogens (tertiary/aromatic N) is 1. The second-order valence-corrected chi connectivity index (χ2v) is 6.60. The van der Waals surface area contributed by atoms with Crippen LogP contribution in [-0.4, -0.2) is 47.6 Å². The van der Waals surface area contributed by atoms with Crippen LogP contribution >= 0.6 is 11.8 Å². The van der Waals surface area contributed by atoms with E-state index in [9.17, 15) is 14.4 Å². The Labute approximate surface area is 161 Å². The smallest absolute Gasteiger partial charge is 0.316 e. The van der Waals surface area contributed by atoms with E-state index in [0.717, 1.165) is 17.3 Å². The normalized spacial score (nSPS) is 10.3. The zero-order valence-corrected chi connectivity index (χ0v) is 15.7. The molecule has 27 heavy (non-hydrogen) atoms. The third-order valence-electron chi connectivity index (χ3n) is 3.29. The number of hydrogen-bond donors (Lipinski definition) is 2. The highest BCUT2D eigenvalue weighted by molar-refractivity contribution is 8.00. The fourth-order valence-electron chi connectivity index (χ4n) is 2.06. The molecule has 2 N–H and O–H groups in total. The van der Waals surface area contributed by atoms with Gasteiger partial charge in [-0.2, -0.15) is 0 Å². The highest BCUT2D eigenvalue weighted by Crippen LogP contribution is 2.08. The predicted molar refractivity (Wildman–Crippen MR) is 101 cm³/mol. The van der Waals surface area contributed by atoms with E-state index in [1.807, 2.05) is 30.3 Å². The molecule has 1 heterocycles. The minimum absolute atomic E-state index is 0.0252. The molecule has 144 valence electrons. The molecule has 0 aliphatic heterocycles. The number of hydrogen-bond acceptors (Lipinski definition) is 7. The van der Waals surface area contributed by atoms with E-state index in [-0.39, 0.29) is 29.9 Å². The molecule has 8 nitrogen and oxygen atoms in total. The Morgan fingerprint density at radius 1 is 1.15 bits per heavy atom. The Kier molecular flexibility index (Phi) is 8.37. The van der Waals surface area contributed by atoms with Crippen molar-refractivity contribution in [2.75, 3.05) is 30.0 Å². The summed E-state index contributed by atoms with van der Waals surface area (Å²) in [4.78, 5) is 34.9. The number of amides is 2. The quantitative estimate of drug-likeness (QED) is 0.591. The average molecular weight is 391 g/mol. The monoisotopic (exact) mass is 391 g/mol. The Morgan fingerprint density at radius 3 is 2.63 bits per heavy atom. The first kappa shape index (κ1) is 20.5. The van der Waals surface area contributed by atoms with Crippen LogP contribution in [0.25, 0.3) is 0 Å². The van der Waals surface area contributed by atoms with Crippen LogP contribution in [0.2, 0.25) is 0 Å². The molecule has 0 bridgehead atoms. The van der Waals surface area contributed by atoms with Gasteiger partial charge in [0.05, 0.1) is 11.5 Å². The average Bonchev–Trinajstić information content (AvgIpc) is 3.05. The summed E-state index contributed by atoms with van der Waals surface area (Å²) in [6.07, 6.45) is 0.705. The van der Waals surface area contributed by atoms with Gasteiger partial charge in [-0.1, -0.05) is 35.5 Å². The zero-order valence-electron chi connectivity index (χ0n) is 14.9. The topological polar surface area (TPSA) is 111 Å². The molecule has 0 atom stereocenters. The summed E-state index contributed by atoms with van der Waals surface area (Å²) in [7, 11) is 0. The Balaban J connectivity index is 1.52. The number of aryl methyl sites for hydroxylation is 1. The standard InChI is InChI=1S/C18H21N3O5S/c1-13-9-15(21-26-13)20-17(23)11-27-12-18(24)25-10-16(22)19-8-7-14-5-3-2-4-6-14/h2-6,9H,7-8,10-12H2,1H3,(H,19,22)(H,20,21,23). The van der Waals surface area contributed by atoms with Crippen molar-refractivity contribution in [3.05, 3.63) is 47.7 Å². The van der Waals surface area contributed by atoms with Crippen LogP contribution in [0.5, 0.6) is 0 Å². The number of nitrogens with one attached hydrogen (secondary N) is 2. The first-order valence-corrected chi connectivity index (χ1v) is 9.45. The van der Waals surface area contributed by atoms with Crippen molar-refractivity contribution >= 4 is 35.4 Å². The molecule has 2 rings (SSSR count). The summed E-state index contributed by atoms with van der Waals surface area (Å²) in [5.41, 5.74) is 1.12. The molecular formula is C18H21N3O5S. The highest BCUT2D eigenvalue weighted by atomic mass is 32.2. The van der Waals surface area contributed by atoms with Crippen LogP contribution in [0.15, 0.2) is 40.9 Å². The van der Waals surface area contributed by atoms with Gasteiger partial charge in [-0.05, 0) is 18.9 Å². The molecule has 9 heteroatoms. The molecule has 0 saturated heterocycles. The number of esters is 1. The van der Waals surface area contributed by atoms with E-state index in [4.69, 9.17) is 9.26 Å². The van der Waals surface area contributed by atoms with Gasteiger partial charge in [0.25, 0.3) is 5.91 Å². The number of carbonyl (C=O) groups is 3. The molecule has 0 saturated carbocycles. The van der Waals surface area contributed by atoms with Crippen LogP contribution in [0.3, 0.4) is 0 Å². The van der Waals surface area contributed by atoms with Gasteiger partial charge in [0.15, 0.2) is 12.4 Å². The van der Waals surface area contributed by atoms with Crippen LogP contribution in [0, 0.1) is 6.92 Å². The second kappa shape index (κ2) is 11.0. The molecule has 1 aromatic carbocycles. The first-order valence-electron chi connectivity index (χ1n) is 8.30. The molecule has 2 amide bonds. The number of carbonyl (C=O) groups excluding carboxylic acids is 3. The maximum atomic E-state index is 11.7. The van der Waals surface area contributed by atoms with Crippen molar-refractivity contribution in [2.45, 2.75) is 13.3 Å². The summed E-state index contributed by atoms with van der Waals surface area (Å²) in [6, 6.07) is 11.3. The summed E-state index contributed by atoms with van der Waals surface area (Å²) in [5, 5.41) is 8.87. The SMILES string of the molecule is Cc1cc(NC(=O)CSCC(=O)OCC(=O)NCCc2ccccc2)no1. The lowest BCUT2D eigenvalue weighted by Gasteiger charge is -2.07. The molecular weight excluding hydrogens is 370 g/mol. The van der Waals surface area contributed by atoms with E-state index in [2.05, 4.69) is 15.8 Å². The van der Waals surface area contributed by atoms with Crippen molar-refractivity contribution in [1.82, 2.24) is 10.5 Å². The van der Waals surface area contributed by atoms with Crippen LogP contribution in [0.1, 0.15) is 11.3 Å². The predicted octanol–water partition coefficient (Wildman–Crippen LogP) is 1.56. The fraction of sp³-hybridized carbons (Fsp3) is 0.333. The van der Waals surface area contributed by atoms with E-state index in [1.54, 1.807) is 13.0 Å². The fourth-order valence-corrected chi connectivity index (χ4v) is 2.67. The third-order valence-corrected chi connectivity index (χ3v) is 4.20. The molecule has 0 fully saturated rings. The number of aromatic nitrogens is 1. The number of thioether (sulfide) groups is 1. The summed E-state index contributed by atoms with van der Waals surface area (Å²) < 4.78 is 9.71. The van der Waals surface area contributed by atoms with Gasteiger partial charge in [-0.25, -0.2) is 0 Å². The highest BCUT2D eigenvalue weighted by Gasteiger charge is 2.10. The van der Waals surface area contributed by atoms with Crippen molar-refractivity contribution in [3.8, 4) is 0 Å². The summed E-state index contributed by atoms with van der Waals surface area (Å²) in [6.45, 7) is 1.85. The van der Waals surface area contributed by atoms with Crippen LogP contribution in [0.4, 0.5) is 5.82 Å². The van der Waals surface area contributed by atoms with Gasteiger partial charge in [-0.15, -0.1) is 11.8 Å². The maximum absolute atomic E-state index is 11.7. The van der Waals surface area contributed by atoms with Gasteiger partial charge in [0.2, 0.25) is 5.91 Å². The minimum Gasteiger partial charge on any atom is -0.455 e. The lowest BCUT2D eigenvalue weighted by molar-refractivity contribution is -0.145. The van der Waals surface area contributed by atoms with Crippen molar-refractivity contribution in [1.29, 1.82) is 0 Å². The molecule has 0 radical (unpaired) electrons. The Morgan fingerprint density at radius 2 is 1.93 bits per heavy atom. The summed E-state index contributed by atoms with van der Waals surface area (Å²) in [5.74, 6) is -0.268. The Bertz CT molecular complexity index is 763. The van der Waals surface area contributed by atoms with E-state index < -0.39 is 5.97 Å². The molecule has 0 aliphatic carbocycles. The number of ether oxygens (including phenoxy) is 1. The third kappa shape index (κ3) is 8.41. The van der Waals surface area contributed by atoms with E-state index >= 15 is 0 Å². The number of benzene rings is 1. The molecule has 0 unspecified atom stereocenters. The van der Waals surface area contributed by atoms with Crippen LogP contribution in [-0.2, 0) is 25.5 Å². The second-order valence-electron chi connectivity index (χ2n) is 5.61. The largest absolute Gasteiger partial charge is 0.455 e. The van der Waals surface area contributed by atoms with Gasteiger partial charge >= 0.3 is 5.97 Å². The molecule has 1 aromatic heterocycles. The lowest BCUT2D eigenvalue weighted by Crippen LogP contribution is -2.30. The number of rotatable bonds is 10. The van der Waals surface area contributed by atoms with Gasteiger partial charge in [-0.3, -0.25) is 14.4 Å². The van der Waals surface area contributed by atoms with Crippen molar-refractivity contribution in [3.63, 3.8) is 0 Å². The first-order chi connectivity index (χ1) is 13.0. The van der Waals surface area contributed by atoms with Crippen molar-refractivity contribution < 1.29 is 23.6 Å². The van der Waals surface area contributed by atoms with Gasteiger partial charge in [0, 0.05) is 12.6 Å². The zero-order chi connectivity index (χ0) is 19.5. The Hall–Kier alpha value is -2.81. The summed E-state index contributed by atoms with van der Waals surface area (Å²) >= 11 is 1.09. The molecule has 0 aliphatic rings. The van der Waals surface area contributed by atoms with Gasteiger partial charge < -0.3 is 19.9 Å². The van der Waals surface area contributed by atoms with Crippen molar-refractivity contribution in [2.24, 2.45) is 0 Å². The van der Waals surface area contributed by atoms with E-state index in [0.29, 0.717) is 24.5 Å². The molecule has 2 aromatic rings. The van der Waals surface area contributed by atoms with E-state index in [1.165, 1.54) is 0 Å². The van der Waals surface area contributed by atoms with Gasteiger partial charge in [0.1, 0.15) is 5.76 Å². The lowest BCUT2D eigenvalue weighted by atomic mass is 10.1. The number of anilines is 1. The molecule has 0 spiro atoms. The maximum Gasteiger partial charge on any atom is 0.316 e. The van der Waals surface area contributed by atoms with Crippen LogP contribution < -0.4 is 10.6 Å².